The quantitative estimate of drug-likeness (QED) is 0.0294. The molecule has 0 bridgehead atoms. The van der Waals surface area contributed by atoms with Crippen molar-refractivity contribution >= 4 is 18.0 Å². The number of ether oxygens (including phenoxy) is 3. The van der Waals surface area contributed by atoms with E-state index in [1.165, 1.54) is 77.0 Å². The van der Waals surface area contributed by atoms with E-state index >= 15 is 0 Å². The van der Waals surface area contributed by atoms with E-state index in [1.54, 1.807) is 4.90 Å². The molecule has 0 aliphatic carbocycles. The van der Waals surface area contributed by atoms with Gasteiger partial charge in [0.05, 0.1) is 13.2 Å². The number of hydrogen-bond donors (Lipinski definition) is 0. The first-order chi connectivity index (χ1) is 26.2. The summed E-state index contributed by atoms with van der Waals surface area (Å²) in [5.74, 6) is -0.605. The van der Waals surface area contributed by atoms with E-state index < -0.39 is 5.60 Å². The molecule has 0 aromatic carbocycles. The van der Waals surface area contributed by atoms with Crippen molar-refractivity contribution in [2.45, 2.75) is 194 Å². The Bertz CT molecular complexity index is 1000. The fourth-order valence-electron chi connectivity index (χ4n) is 6.50. The fraction of sp³-hybridized carbons (Fsp3) is 0.766. The second kappa shape index (κ2) is 33.5. The lowest BCUT2D eigenvalue weighted by atomic mass is 9.98. The molecule has 0 radical (unpaired) electrons. The van der Waals surface area contributed by atoms with Crippen LogP contribution in [0, 0.1) is 11.8 Å². The highest BCUT2D eigenvalue weighted by atomic mass is 16.6. The van der Waals surface area contributed by atoms with Gasteiger partial charge in [-0.1, -0.05) is 127 Å². The normalized spacial score (nSPS) is 16.4. The minimum atomic E-state index is -0.604. The van der Waals surface area contributed by atoms with E-state index in [9.17, 15) is 14.4 Å². The Balaban J connectivity index is 2.28. The smallest absolute Gasteiger partial charge is 0.410 e. The predicted molar refractivity (Wildman–Crippen MR) is 225 cm³/mol. The van der Waals surface area contributed by atoms with Crippen LogP contribution in [-0.2, 0) is 23.8 Å². The zero-order valence-corrected chi connectivity index (χ0v) is 35.5. The molecule has 1 amide bonds. The molecule has 1 aliphatic rings. The molecule has 0 saturated carbocycles. The molecule has 0 N–H and O–H groups in total. The standard InChI is InChI=1S/C47H81NO6/c1-6-8-10-12-14-16-18-20-22-24-26-28-30-32-34-36-44(49)52-40-42-38-48(46(51)54-47(3,4)5)39-43(42)41-53-45(50)37-35-33-31-29-27-25-23-21-19-17-15-13-11-9-7-2/h14-17,20-23,42-43H,6-13,18-19,24-41H2,1-5H3. The molecule has 310 valence electrons. The Hall–Kier alpha value is -2.83. The summed E-state index contributed by atoms with van der Waals surface area (Å²) in [4.78, 5) is 39.7. The summed E-state index contributed by atoms with van der Waals surface area (Å²) in [6.45, 7) is 11.3. The molecule has 1 rings (SSSR count). The number of hydrogen-bond acceptors (Lipinski definition) is 6. The van der Waals surface area contributed by atoms with Crippen LogP contribution in [0.2, 0.25) is 0 Å². The lowest BCUT2D eigenvalue weighted by Crippen LogP contribution is -2.35. The number of allylic oxidation sites excluding steroid dienone is 8. The van der Waals surface area contributed by atoms with Gasteiger partial charge in [0.2, 0.25) is 0 Å². The fourth-order valence-corrected chi connectivity index (χ4v) is 6.50. The lowest BCUT2D eigenvalue weighted by Gasteiger charge is -2.24. The number of rotatable bonds is 32. The van der Waals surface area contributed by atoms with Gasteiger partial charge >= 0.3 is 18.0 Å². The minimum Gasteiger partial charge on any atom is -0.465 e. The number of amides is 1. The number of likely N-dealkylation sites (tertiary alicyclic amines) is 1. The Morgan fingerprint density at radius 2 is 0.870 bits per heavy atom. The molecule has 7 heteroatoms. The third kappa shape index (κ3) is 29.5. The van der Waals surface area contributed by atoms with Gasteiger partial charge < -0.3 is 19.1 Å². The van der Waals surface area contributed by atoms with Crippen LogP contribution < -0.4 is 0 Å². The maximum atomic E-state index is 12.8. The molecule has 1 fully saturated rings. The van der Waals surface area contributed by atoms with E-state index in [0.29, 0.717) is 25.9 Å². The molecule has 1 saturated heterocycles. The van der Waals surface area contributed by atoms with E-state index in [0.717, 1.165) is 64.2 Å². The first kappa shape index (κ1) is 49.2. The van der Waals surface area contributed by atoms with Crippen LogP contribution in [0.15, 0.2) is 48.6 Å². The van der Waals surface area contributed by atoms with Crippen molar-refractivity contribution in [1.29, 1.82) is 0 Å². The first-order valence-corrected chi connectivity index (χ1v) is 22.0. The molecule has 1 heterocycles. The molecule has 1 aliphatic heterocycles. The minimum absolute atomic E-state index is 0.102. The van der Waals surface area contributed by atoms with Gasteiger partial charge in [-0.2, -0.15) is 0 Å². The van der Waals surface area contributed by atoms with Crippen molar-refractivity contribution in [1.82, 2.24) is 4.90 Å². The van der Waals surface area contributed by atoms with Gasteiger partial charge in [0, 0.05) is 37.8 Å². The number of carbonyl (C=O) groups is 3. The van der Waals surface area contributed by atoms with Crippen molar-refractivity contribution in [2.24, 2.45) is 11.8 Å². The van der Waals surface area contributed by atoms with Crippen molar-refractivity contribution in [2.75, 3.05) is 26.3 Å². The molecule has 0 aromatic rings. The van der Waals surface area contributed by atoms with Gasteiger partial charge in [-0.05, 0) is 97.8 Å². The molecule has 0 spiro atoms. The molecule has 0 aromatic heterocycles. The first-order valence-electron chi connectivity index (χ1n) is 22.0. The molecule has 54 heavy (non-hydrogen) atoms. The number of esters is 2. The highest BCUT2D eigenvalue weighted by Crippen LogP contribution is 2.27. The van der Waals surface area contributed by atoms with Crippen LogP contribution >= 0.6 is 0 Å². The third-order valence-corrected chi connectivity index (χ3v) is 9.81. The maximum absolute atomic E-state index is 12.8. The summed E-state index contributed by atoms with van der Waals surface area (Å²) in [5.41, 5.74) is -0.604. The van der Waals surface area contributed by atoms with E-state index in [-0.39, 0.29) is 43.1 Å². The average Bonchev–Trinajstić information content (AvgIpc) is 3.55. The maximum Gasteiger partial charge on any atom is 0.410 e. The van der Waals surface area contributed by atoms with Gasteiger partial charge in [0.15, 0.2) is 0 Å². The number of nitrogens with zero attached hydrogens (tertiary/aromatic N) is 1. The summed E-state index contributed by atoms with van der Waals surface area (Å²) in [6.07, 6.45) is 43.7. The topological polar surface area (TPSA) is 82.1 Å². The van der Waals surface area contributed by atoms with Crippen LogP contribution in [-0.4, -0.2) is 54.8 Å². The predicted octanol–water partition coefficient (Wildman–Crippen LogP) is 13.2. The van der Waals surface area contributed by atoms with Crippen molar-refractivity contribution in [3.8, 4) is 0 Å². The van der Waals surface area contributed by atoms with Crippen LogP contribution in [0.25, 0.3) is 0 Å². The summed E-state index contributed by atoms with van der Waals surface area (Å²) >= 11 is 0. The molecule has 2 atom stereocenters. The summed E-state index contributed by atoms with van der Waals surface area (Å²) in [6, 6.07) is 0. The molecule has 7 nitrogen and oxygen atoms in total. The Labute approximate surface area is 331 Å². The number of carbonyl (C=O) groups excluding carboxylic acids is 3. The van der Waals surface area contributed by atoms with E-state index in [1.807, 2.05) is 20.8 Å². The largest absolute Gasteiger partial charge is 0.465 e. The monoisotopic (exact) mass is 756 g/mol. The highest BCUT2D eigenvalue weighted by Gasteiger charge is 2.38. The second-order valence-corrected chi connectivity index (χ2v) is 16.2. The van der Waals surface area contributed by atoms with Gasteiger partial charge in [-0.15, -0.1) is 0 Å². The van der Waals surface area contributed by atoms with E-state index in [4.69, 9.17) is 14.2 Å². The summed E-state index contributed by atoms with van der Waals surface area (Å²) in [7, 11) is 0. The van der Waals surface area contributed by atoms with Crippen LogP contribution in [0.4, 0.5) is 4.79 Å². The molecular weight excluding hydrogens is 675 g/mol. The van der Waals surface area contributed by atoms with Crippen LogP contribution in [0.1, 0.15) is 189 Å². The van der Waals surface area contributed by atoms with Crippen LogP contribution in [0.3, 0.4) is 0 Å². The zero-order chi connectivity index (χ0) is 39.5. The summed E-state index contributed by atoms with van der Waals surface area (Å²) in [5, 5.41) is 0. The molecular formula is C47H81NO6. The van der Waals surface area contributed by atoms with Gasteiger partial charge in [-0.25, -0.2) is 4.79 Å². The van der Waals surface area contributed by atoms with Crippen molar-refractivity contribution < 1.29 is 28.6 Å². The van der Waals surface area contributed by atoms with Gasteiger partial charge in [0.1, 0.15) is 5.60 Å². The van der Waals surface area contributed by atoms with E-state index in [2.05, 4.69) is 62.5 Å². The Morgan fingerprint density at radius 1 is 0.519 bits per heavy atom. The van der Waals surface area contributed by atoms with Gasteiger partial charge in [-0.3, -0.25) is 9.59 Å². The number of unbranched alkanes of at least 4 members (excludes halogenated alkanes) is 16. The van der Waals surface area contributed by atoms with Crippen LogP contribution in [0.5, 0.6) is 0 Å². The Morgan fingerprint density at radius 3 is 1.24 bits per heavy atom. The SMILES string of the molecule is CCCCCC=CCC=CCCCCCCCC(=O)OCC1CN(C(=O)OC(C)(C)C)CC1COC(=O)CCCCCCCC=CCC=CCCCCC. The Kier molecular flexibility index (Phi) is 30.5. The average molecular weight is 756 g/mol. The molecule has 2 unspecified atom stereocenters. The summed E-state index contributed by atoms with van der Waals surface area (Å²) < 4.78 is 17.0. The third-order valence-electron chi connectivity index (χ3n) is 9.81. The highest BCUT2D eigenvalue weighted by molar-refractivity contribution is 5.70. The zero-order valence-electron chi connectivity index (χ0n) is 35.5. The van der Waals surface area contributed by atoms with Crippen molar-refractivity contribution in [3.05, 3.63) is 48.6 Å². The van der Waals surface area contributed by atoms with Crippen molar-refractivity contribution in [3.63, 3.8) is 0 Å². The second-order valence-electron chi connectivity index (χ2n) is 16.2. The van der Waals surface area contributed by atoms with Gasteiger partial charge in [0.25, 0.3) is 0 Å². The lowest BCUT2D eigenvalue weighted by molar-refractivity contribution is -0.149.